The van der Waals surface area contributed by atoms with Crippen LogP contribution in [0.3, 0.4) is 0 Å². The molecule has 0 radical (unpaired) electrons. The van der Waals surface area contributed by atoms with Gasteiger partial charge in [-0.05, 0) is 43.7 Å². The number of nitrogens with one attached hydrogen (secondary N) is 1. The molecule has 0 saturated carbocycles. The van der Waals surface area contributed by atoms with Gasteiger partial charge in [-0.3, -0.25) is 9.59 Å². The van der Waals surface area contributed by atoms with Crippen LogP contribution in [0.4, 0.5) is 5.69 Å². The number of carboxylic acid groups (broad SMARTS) is 1. The Balaban J connectivity index is 2.04. The normalized spacial score (nSPS) is 11.6. The fraction of sp³-hybridized carbons (Fsp3) is 0.300. The maximum atomic E-state index is 12.5. The minimum atomic E-state index is -0.889. The molecule has 1 atom stereocenters. The quantitative estimate of drug-likeness (QED) is 0.671. The average Bonchev–Trinajstić information content (AvgIpc) is 2.65. The number of amides is 1. The third kappa shape index (κ3) is 5.32. The number of para-hydroxylation sites is 1. The number of carbonyl (C=O) groups excluding carboxylic acids is 1. The minimum Gasteiger partial charge on any atom is -0.490 e. The van der Waals surface area contributed by atoms with Crippen LogP contribution in [-0.2, 0) is 9.53 Å². The number of carboxylic acids is 1. The Bertz CT molecular complexity index is 742. The van der Waals surface area contributed by atoms with Crippen molar-refractivity contribution in [3.8, 4) is 5.75 Å². The molecule has 0 aliphatic heterocycles. The summed E-state index contributed by atoms with van der Waals surface area (Å²) in [5.74, 6) is -1.30. The minimum absolute atomic E-state index is 0.295. The van der Waals surface area contributed by atoms with E-state index in [1.807, 2.05) is 6.92 Å². The predicted octanol–water partition coefficient (Wildman–Crippen LogP) is 3.54. The number of benzene rings is 2. The Morgan fingerprint density at radius 1 is 1.08 bits per heavy atom. The van der Waals surface area contributed by atoms with Gasteiger partial charge in [-0.2, -0.15) is 0 Å². The molecule has 2 rings (SSSR count). The summed E-state index contributed by atoms with van der Waals surface area (Å²) in [5.41, 5.74) is 1.68. The van der Waals surface area contributed by atoms with Gasteiger partial charge in [-0.25, -0.2) is 0 Å². The van der Waals surface area contributed by atoms with Gasteiger partial charge in [-0.15, -0.1) is 0 Å². The molecule has 0 aliphatic carbocycles. The molecule has 138 valence electrons. The molecule has 0 spiro atoms. The van der Waals surface area contributed by atoms with Gasteiger partial charge in [0.1, 0.15) is 12.4 Å². The van der Waals surface area contributed by atoms with Gasteiger partial charge >= 0.3 is 5.97 Å². The smallest absolute Gasteiger partial charge is 0.310 e. The van der Waals surface area contributed by atoms with Crippen molar-refractivity contribution in [1.82, 2.24) is 0 Å². The van der Waals surface area contributed by atoms with E-state index in [0.29, 0.717) is 42.4 Å². The zero-order valence-corrected chi connectivity index (χ0v) is 14.9. The van der Waals surface area contributed by atoms with Crippen LogP contribution in [-0.4, -0.2) is 36.8 Å². The number of anilines is 1. The fourth-order valence-electron chi connectivity index (χ4n) is 2.33. The zero-order chi connectivity index (χ0) is 18.9. The van der Waals surface area contributed by atoms with Gasteiger partial charge in [0.15, 0.2) is 0 Å². The van der Waals surface area contributed by atoms with Crippen molar-refractivity contribution in [3.63, 3.8) is 0 Å². The molecule has 2 aromatic carbocycles. The average molecular weight is 357 g/mol. The first-order valence-electron chi connectivity index (χ1n) is 8.46. The number of rotatable bonds is 9. The number of carbonyl (C=O) groups is 2. The van der Waals surface area contributed by atoms with Crippen molar-refractivity contribution in [3.05, 3.63) is 59.7 Å². The van der Waals surface area contributed by atoms with Crippen LogP contribution in [0.1, 0.15) is 35.7 Å². The maximum Gasteiger partial charge on any atom is 0.310 e. The molecular weight excluding hydrogens is 334 g/mol. The highest BCUT2D eigenvalue weighted by molar-refractivity contribution is 6.06. The SMILES string of the molecule is CCOCCOc1ccccc1C(=O)Nc1ccc(C(C)C(=O)O)cc1. The van der Waals surface area contributed by atoms with Gasteiger partial charge in [0.25, 0.3) is 5.91 Å². The highest BCUT2D eigenvalue weighted by atomic mass is 16.5. The highest BCUT2D eigenvalue weighted by Gasteiger charge is 2.15. The van der Waals surface area contributed by atoms with Gasteiger partial charge < -0.3 is 19.9 Å². The molecule has 26 heavy (non-hydrogen) atoms. The first kappa shape index (κ1) is 19.5. The molecular formula is C20H23NO5. The van der Waals surface area contributed by atoms with Gasteiger partial charge in [0.2, 0.25) is 0 Å². The highest BCUT2D eigenvalue weighted by Crippen LogP contribution is 2.21. The van der Waals surface area contributed by atoms with E-state index >= 15 is 0 Å². The first-order valence-corrected chi connectivity index (χ1v) is 8.46. The zero-order valence-electron chi connectivity index (χ0n) is 14.9. The lowest BCUT2D eigenvalue weighted by molar-refractivity contribution is -0.138. The Morgan fingerprint density at radius 3 is 2.42 bits per heavy atom. The second-order valence-electron chi connectivity index (χ2n) is 5.68. The van der Waals surface area contributed by atoms with Gasteiger partial charge in [0.05, 0.1) is 18.1 Å². The molecule has 0 aliphatic rings. The fourth-order valence-corrected chi connectivity index (χ4v) is 2.33. The standard InChI is InChI=1S/C20H23NO5/c1-3-25-12-13-26-18-7-5-4-6-17(18)19(22)21-16-10-8-15(9-11-16)14(2)20(23)24/h4-11,14H,3,12-13H2,1-2H3,(H,21,22)(H,23,24). The van der Waals surface area contributed by atoms with Crippen molar-refractivity contribution in [2.24, 2.45) is 0 Å². The lowest BCUT2D eigenvalue weighted by Crippen LogP contribution is -2.15. The monoisotopic (exact) mass is 357 g/mol. The van der Waals surface area contributed by atoms with E-state index in [2.05, 4.69) is 5.32 Å². The summed E-state index contributed by atoms with van der Waals surface area (Å²) in [6, 6.07) is 13.7. The van der Waals surface area contributed by atoms with Crippen molar-refractivity contribution < 1.29 is 24.2 Å². The third-order valence-corrected chi connectivity index (χ3v) is 3.86. The summed E-state index contributed by atoms with van der Waals surface area (Å²) >= 11 is 0. The van der Waals surface area contributed by atoms with E-state index in [9.17, 15) is 9.59 Å². The van der Waals surface area contributed by atoms with E-state index in [1.54, 1.807) is 55.5 Å². The van der Waals surface area contributed by atoms with Gasteiger partial charge in [0, 0.05) is 12.3 Å². The second-order valence-corrected chi connectivity index (χ2v) is 5.68. The van der Waals surface area contributed by atoms with Crippen LogP contribution < -0.4 is 10.1 Å². The molecule has 0 bridgehead atoms. The molecule has 6 nitrogen and oxygen atoms in total. The molecule has 6 heteroatoms. The maximum absolute atomic E-state index is 12.5. The van der Waals surface area contributed by atoms with E-state index < -0.39 is 11.9 Å². The Hall–Kier alpha value is -2.86. The summed E-state index contributed by atoms with van der Waals surface area (Å²) < 4.78 is 10.9. The number of hydrogen-bond acceptors (Lipinski definition) is 4. The Labute approximate surface area is 152 Å². The van der Waals surface area contributed by atoms with Crippen LogP contribution in [0.2, 0.25) is 0 Å². The molecule has 1 unspecified atom stereocenters. The lowest BCUT2D eigenvalue weighted by Gasteiger charge is -2.12. The van der Waals surface area contributed by atoms with E-state index in [0.717, 1.165) is 0 Å². The van der Waals surface area contributed by atoms with Crippen molar-refractivity contribution in [2.75, 3.05) is 25.1 Å². The summed E-state index contributed by atoms with van der Waals surface area (Å²) in [5, 5.41) is 11.8. The van der Waals surface area contributed by atoms with E-state index in [4.69, 9.17) is 14.6 Å². The van der Waals surface area contributed by atoms with Crippen LogP contribution in [0, 0.1) is 0 Å². The molecule has 0 heterocycles. The molecule has 0 saturated heterocycles. The largest absolute Gasteiger partial charge is 0.490 e. The summed E-state index contributed by atoms with van der Waals surface area (Å²) in [7, 11) is 0. The van der Waals surface area contributed by atoms with Crippen molar-refractivity contribution >= 4 is 17.6 Å². The number of aliphatic carboxylic acids is 1. The lowest BCUT2D eigenvalue weighted by atomic mass is 10.0. The van der Waals surface area contributed by atoms with Crippen LogP contribution >= 0.6 is 0 Å². The van der Waals surface area contributed by atoms with Crippen molar-refractivity contribution in [2.45, 2.75) is 19.8 Å². The van der Waals surface area contributed by atoms with E-state index in [1.165, 1.54) is 0 Å². The van der Waals surface area contributed by atoms with Gasteiger partial charge in [-0.1, -0.05) is 24.3 Å². The first-order chi connectivity index (χ1) is 12.5. The number of ether oxygens (including phenoxy) is 2. The second kappa shape index (κ2) is 9.58. The molecule has 1 amide bonds. The molecule has 2 aromatic rings. The predicted molar refractivity (Wildman–Crippen MR) is 98.9 cm³/mol. The van der Waals surface area contributed by atoms with E-state index in [-0.39, 0.29) is 5.91 Å². The summed E-state index contributed by atoms with van der Waals surface area (Å²) in [6.07, 6.45) is 0. The Kier molecular flexibility index (Phi) is 7.17. The van der Waals surface area contributed by atoms with Crippen LogP contribution in [0.5, 0.6) is 5.75 Å². The van der Waals surface area contributed by atoms with Crippen LogP contribution in [0.25, 0.3) is 0 Å². The van der Waals surface area contributed by atoms with Crippen molar-refractivity contribution in [1.29, 1.82) is 0 Å². The molecule has 0 aromatic heterocycles. The summed E-state index contributed by atoms with van der Waals surface area (Å²) in [6.45, 7) is 4.95. The summed E-state index contributed by atoms with van der Waals surface area (Å²) in [4.78, 5) is 23.6. The molecule has 2 N–H and O–H groups in total. The topological polar surface area (TPSA) is 84.9 Å². The number of hydrogen-bond donors (Lipinski definition) is 2. The molecule has 0 fully saturated rings. The Morgan fingerprint density at radius 2 is 1.77 bits per heavy atom. The third-order valence-electron chi connectivity index (χ3n) is 3.86. The van der Waals surface area contributed by atoms with Crippen LogP contribution in [0.15, 0.2) is 48.5 Å².